The molecular formula is C12H8Br2O2S. The summed E-state index contributed by atoms with van der Waals surface area (Å²) in [6.07, 6.45) is 0. The van der Waals surface area contributed by atoms with E-state index in [2.05, 4.69) is 31.9 Å². The number of rotatable bonds is 2. The molecule has 0 N–H and O–H groups in total. The van der Waals surface area contributed by atoms with E-state index >= 15 is 0 Å². The third kappa shape index (κ3) is 2.78. The highest BCUT2D eigenvalue weighted by molar-refractivity contribution is 9.10. The quantitative estimate of drug-likeness (QED) is 0.793. The largest absolute Gasteiger partial charge is 0.219 e. The van der Waals surface area contributed by atoms with Crippen LogP contribution in [0.25, 0.3) is 0 Å². The molecule has 0 aliphatic rings. The van der Waals surface area contributed by atoms with Gasteiger partial charge in [0.05, 0.1) is 9.79 Å². The molecule has 0 atom stereocenters. The molecule has 0 unspecified atom stereocenters. The highest BCUT2D eigenvalue weighted by atomic mass is 79.9. The van der Waals surface area contributed by atoms with Crippen LogP contribution in [0.5, 0.6) is 0 Å². The number of hydrogen-bond donors (Lipinski definition) is 0. The van der Waals surface area contributed by atoms with Crippen molar-refractivity contribution in [1.82, 2.24) is 0 Å². The van der Waals surface area contributed by atoms with Crippen LogP contribution in [0.4, 0.5) is 0 Å². The van der Waals surface area contributed by atoms with Crippen LogP contribution < -0.4 is 0 Å². The Morgan fingerprint density at radius 2 is 0.941 bits per heavy atom. The minimum absolute atomic E-state index is 0.294. The first-order chi connectivity index (χ1) is 8.00. The predicted octanol–water partition coefficient (Wildman–Crippen LogP) is 4.04. The second-order valence-electron chi connectivity index (χ2n) is 3.41. The van der Waals surface area contributed by atoms with Crippen LogP contribution in [0.15, 0.2) is 67.3 Å². The lowest BCUT2D eigenvalue weighted by Gasteiger charge is -2.04. The summed E-state index contributed by atoms with van der Waals surface area (Å²) in [6.45, 7) is 0. The molecule has 2 aromatic rings. The summed E-state index contributed by atoms with van der Waals surface area (Å²) in [4.78, 5) is 0.589. The van der Waals surface area contributed by atoms with Crippen LogP contribution in [0.1, 0.15) is 0 Å². The second kappa shape index (κ2) is 4.92. The van der Waals surface area contributed by atoms with Gasteiger partial charge >= 0.3 is 0 Å². The molecule has 0 aromatic heterocycles. The number of hydrogen-bond acceptors (Lipinski definition) is 2. The Labute approximate surface area is 117 Å². The van der Waals surface area contributed by atoms with Gasteiger partial charge in [-0.05, 0) is 48.5 Å². The van der Waals surface area contributed by atoms with Gasteiger partial charge in [0, 0.05) is 8.95 Å². The standard InChI is InChI=1S/C12H8Br2O2S/c13-9-1-5-11(6-2-9)17(15,16)12-7-3-10(14)4-8-12/h1-8H. The van der Waals surface area contributed by atoms with Gasteiger partial charge in [0.2, 0.25) is 9.84 Å². The van der Waals surface area contributed by atoms with Crippen molar-refractivity contribution in [3.63, 3.8) is 0 Å². The van der Waals surface area contributed by atoms with Gasteiger partial charge in [0.15, 0.2) is 0 Å². The second-order valence-corrected chi connectivity index (χ2v) is 7.19. The van der Waals surface area contributed by atoms with Crippen molar-refractivity contribution in [3.05, 3.63) is 57.5 Å². The maximum Gasteiger partial charge on any atom is 0.206 e. The smallest absolute Gasteiger partial charge is 0.206 e. The summed E-state index contributed by atoms with van der Waals surface area (Å²) >= 11 is 6.55. The fourth-order valence-corrected chi connectivity index (χ4v) is 3.15. The molecule has 2 nitrogen and oxygen atoms in total. The molecular weight excluding hydrogens is 368 g/mol. The minimum atomic E-state index is -3.41. The number of benzene rings is 2. The molecule has 0 saturated carbocycles. The van der Waals surface area contributed by atoms with Crippen molar-refractivity contribution in [2.75, 3.05) is 0 Å². The maximum atomic E-state index is 12.2. The monoisotopic (exact) mass is 374 g/mol. The van der Waals surface area contributed by atoms with Crippen LogP contribution in [0, 0.1) is 0 Å². The first kappa shape index (κ1) is 12.8. The Kier molecular flexibility index (Phi) is 3.70. The average molecular weight is 376 g/mol. The number of halogens is 2. The Morgan fingerprint density at radius 1 is 0.647 bits per heavy atom. The molecule has 0 amide bonds. The molecule has 0 fully saturated rings. The van der Waals surface area contributed by atoms with E-state index in [1.807, 2.05) is 0 Å². The molecule has 0 bridgehead atoms. The lowest BCUT2D eigenvalue weighted by Crippen LogP contribution is -2.01. The third-order valence-corrected chi connectivity index (χ3v) is 5.09. The van der Waals surface area contributed by atoms with E-state index in [1.54, 1.807) is 48.5 Å². The maximum absolute atomic E-state index is 12.2. The van der Waals surface area contributed by atoms with E-state index in [9.17, 15) is 8.42 Å². The zero-order valence-corrected chi connectivity index (χ0v) is 12.6. The topological polar surface area (TPSA) is 34.1 Å². The zero-order valence-electron chi connectivity index (χ0n) is 8.60. The first-order valence-electron chi connectivity index (χ1n) is 4.76. The van der Waals surface area contributed by atoms with Crippen molar-refractivity contribution in [3.8, 4) is 0 Å². The van der Waals surface area contributed by atoms with E-state index in [-0.39, 0.29) is 0 Å². The van der Waals surface area contributed by atoms with Crippen molar-refractivity contribution in [2.24, 2.45) is 0 Å². The van der Waals surface area contributed by atoms with Gasteiger partial charge in [-0.15, -0.1) is 0 Å². The van der Waals surface area contributed by atoms with Gasteiger partial charge in [-0.25, -0.2) is 8.42 Å². The lowest BCUT2D eigenvalue weighted by atomic mass is 10.4. The molecule has 0 aliphatic carbocycles. The summed E-state index contributed by atoms with van der Waals surface area (Å²) in [6, 6.07) is 13.2. The molecule has 0 heterocycles. The highest BCUT2D eigenvalue weighted by Gasteiger charge is 2.16. The summed E-state index contributed by atoms with van der Waals surface area (Å²) in [5.41, 5.74) is 0. The molecule has 5 heteroatoms. The van der Waals surface area contributed by atoms with Crippen LogP contribution in [-0.2, 0) is 9.84 Å². The SMILES string of the molecule is O=S(=O)(c1ccc(Br)cc1)c1ccc(Br)cc1. The molecule has 0 aliphatic heterocycles. The fourth-order valence-electron chi connectivity index (χ4n) is 1.36. The van der Waals surface area contributed by atoms with Crippen molar-refractivity contribution < 1.29 is 8.42 Å². The van der Waals surface area contributed by atoms with Crippen molar-refractivity contribution in [1.29, 1.82) is 0 Å². The zero-order chi connectivity index (χ0) is 12.5. The normalized spacial score (nSPS) is 11.4. The summed E-state index contributed by atoms with van der Waals surface area (Å²) in [5.74, 6) is 0. The van der Waals surface area contributed by atoms with E-state index in [4.69, 9.17) is 0 Å². The van der Waals surface area contributed by atoms with E-state index < -0.39 is 9.84 Å². The Balaban J connectivity index is 2.50. The lowest BCUT2D eigenvalue weighted by molar-refractivity contribution is 0.596. The van der Waals surface area contributed by atoms with Crippen LogP contribution >= 0.6 is 31.9 Å². The van der Waals surface area contributed by atoms with Gasteiger partial charge in [0.1, 0.15) is 0 Å². The summed E-state index contributed by atoms with van der Waals surface area (Å²) < 4.78 is 26.2. The van der Waals surface area contributed by atoms with Crippen molar-refractivity contribution in [2.45, 2.75) is 9.79 Å². The van der Waals surface area contributed by atoms with Gasteiger partial charge < -0.3 is 0 Å². The average Bonchev–Trinajstić information content (AvgIpc) is 2.30. The Bertz CT molecular complexity index is 565. The van der Waals surface area contributed by atoms with E-state index in [1.165, 1.54) is 0 Å². The molecule has 88 valence electrons. The Morgan fingerprint density at radius 3 is 1.24 bits per heavy atom. The van der Waals surface area contributed by atoms with Crippen LogP contribution in [0.2, 0.25) is 0 Å². The van der Waals surface area contributed by atoms with Gasteiger partial charge in [-0.2, -0.15) is 0 Å². The fraction of sp³-hybridized carbons (Fsp3) is 0. The molecule has 2 aromatic carbocycles. The molecule has 0 saturated heterocycles. The van der Waals surface area contributed by atoms with E-state index in [0.29, 0.717) is 9.79 Å². The molecule has 0 spiro atoms. The van der Waals surface area contributed by atoms with Gasteiger partial charge in [0.25, 0.3) is 0 Å². The highest BCUT2D eigenvalue weighted by Crippen LogP contribution is 2.23. The molecule has 0 radical (unpaired) electrons. The van der Waals surface area contributed by atoms with E-state index in [0.717, 1.165) is 8.95 Å². The summed E-state index contributed by atoms with van der Waals surface area (Å²) in [7, 11) is -3.41. The van der Waals surface area contributed by atoms with Gasteiger partial charge in [-0.1, -0.05) is 31.9 Å². The summed E-state index contributed by atoms with van der Waals surface area (Å²) in [5, 5.41) is 0. The van der Waals surface area contributed by atoms with Gasteiger partial charge in [-0.3, -0.25) is 0 Å². The molecule has 17 heavy (non-hydrogen) atoms. The van der Waals surface area contributed by atoms with Crippen LogP contribution in [-0.4, -0.2) is 8.42 Å². The Hall–Kier alpha value is -0.650. The predicted molar refractivity (Wildman–Crippen MR) is 73.7 cm³/mol. The first-order valence-corrected chi connectivity index (χ1v) is 7.83. The minimum Gasteiger partial charge on any atom is -0.219 e. The third-order valence-electron chi connectivity index (χ3n) is 2.25. The number of sulfone groups is 1. The molecule has 2 rings (SSSR count). The van der Waals surface area contributed by atoms with Crippen molar-refractivity contribution >= 4 is 41.7 Å². The van der Waals surface area contributed by atoms with Crippen LogP contribution in [0.3, 0.4) is 0 Å².